The summed E-state index contributed by atoms with van der Waals surface area (Å²) in [5, 5.41) is 3.22. The van der Waals surface area contributed by atoms with Crippen LogP contribution in [0.1, 0.15) is 25.6 Å². The van der Waals surface area contributed by atoms with Crippen molar-refractivity contribution in [1.82, 2.24) is 19.8 Å². The monoisotopic (exact) mass is 369 g/mol. The average molecular weight is 369 g/mol. The molecule has 3 rings (SSSR count). The minimum atomic E-state index is -0.118. The number of carbonyl (C=O) groups is 1. The Morgan fingerprint density at radius 3 is 2.78 bits per heavy atom. The average Bonchev–Trinajstić information content (AvgIpc) is 2.70. The Hall–Kier alpha value is -2.51. The quantitative estimate of drug-likeness (QED) is 0.808. The van der Waals surface area contributed by atoms with Gasteiger partial charge in [0.25, 0.3) is 0 Å². The number of aromatic nitrogens is 2. The molecule has 0 unspecified atom stereocenters. The molecule has 0 saturated carbocycles. The number of amides is 1. The van der Waals surface area contributed by atoms with Crippen molar-refractivity contribution in [2.24, 2.45) is 0 Å². The number of hydrogen-bond donors (Lipinski definition) is 1. The molecular formula is C20H27N5O2. The second-order valence-corrected chi connectivity index (χ2v) is 6.47. The summed E-state index contributed by atoms with van der Waals surface area (Å²) in [5.74, 6) is 0.950. The van der Waals surface area contributed by atoms with Crippen LogP contribution >= 0.6 is 0 Å². The molecule has 0 radical (unpaired) electrons. The van der Waals surface area contributed by atoms with Gasteiger partial charge in [-0.15, -0.1) is 0 Å². The molecule has 7 heteroatoms. The number of likely N-dealkylation sites (N-methyl/N-ethyl adjacent to an activating group) is 1. The molecule has 0 spiro atoms. The largest absolute Gasteiger partial charge is 0.369 e. The van der Waals surface area contributed by atoms with Crippen molar-refractivity contribution in [3.63, 3.8) is 0 Å². The summed E-state index contributed by atoms with van der Waals surface area (Å²) >= 11 is 0. The first-order chi connectivity index (χ1) is 13.2. The van der Waals surface area contributed by atoms with E-state index in [1.54, 1.807) is 12.4 Å². The number of anilines is 2. The van der Waals surface area contributed by atoms with E-state index in [4.69, 9.17) is 4.74 Å². The second kappa shape index (κ2) is 9.43. The highest BCUT2D eigenvalue weighted by Crippen LogP contribution is 2.22. The van der Waals surface area contributed by atoms with Gasteiger partial charge < -0.3 is 15.0 Å². The maximum absolute atomic E-state index is 12.3. The summed E-state index contributed by atoms with van der Waals surface area (Å²) in [7, 11) is 0. The molecule has 2 aromatic heterocycles. The summed E-state index contributed by atoms with van der Waals surface area (Å²) in [6.07, 6.45) is 3.41. The van der Waals surface area contributed by atoms with E-state index in [0.717, 1.165) is 36.8 Å². The first-order valence-electron chi connectivity index (χ1n) is 9.45. The molecule has 1 saturated heterocycles. The topological polar surface area (TPSA) is 70.6 Å². The third-order valence-electron chi connectivity index (χ3n) is 4.68. The maximum Gasteiger partial charge on any atom is 0.236 e. The van der Waals surface area contributed by atoms with Crippen molar-refractivity contribution in [3.8, 4) is 0 Å². The van der Waals surface area contributed by atoms with Crippen LogP contribution in [0.3, 0.4) is 0 Å². The van der Waals surface area contributed by atoms with Gasteiger partial charge in [-0.3, -0.25) is 14.7 Å². The Kier molecular flexibility index (Phi) is 6.73. The lowest BCUT2D eigenvalue weighted by atomic mass is 10.2. The van der Waals surface area contributed by atoms with E-state index in [0.29, 0.717) is 19.7 Å². The number of rotatable bonds is 7. The Bertz CT molecular complexity index is 719. The third-order valence-corrected chi connectivity index (χ3v) is 4.68. The lowest BCUT2D eigenvalue weighted by Gasteiger charge is -2.33. The van der Waals surface area contributed by atoms with Gasteiger partial charge in [-0.2, -0.15) is 0 Å². The molecular weight excluding hydrogens is 342 g/mol. The number of carbonyl (C=O) groups excluding carboxylic acids is 1. The summed E-state index contributed by atoms with van der Waals surface area (Å²) < 4.78 is 5.89. The van der Waals surface area contributed by atoms with Gasteiger partial charge in [-0.05, 0) is 38.1 Å². The highest BCUT2D eigenvalue weighted by molar-refractivity contribution is 5.78. The van der Waals surface area contributed by atoms with Gasteiger partial charge in [0, 0.05) is 32.4 Å². The smallest absolute Gasteiger partial charge is 0.236 e. The van der Waals surface area contributed by atoms with E-state index < -0.39 is 0 Å². The van der Waals surface area contributed by atoms with Crippen molar-refractivity contribution in [1.29, 1.82) is 0 Å². The predicted molar refractivity (Wildman–Crippen MR) is 105 cm³/mol. The van der Waals surface area contributed by atoms with E-state index in [1.807, 2.05) is 49.1 Å². The molecule has 144 valence electrons. The maximum atomic E-state index is 12.3. The first kappa shape index (κ1) is 19.3. The molecule has 0 aromatic carbocycles. The van der Waals surface area contributed by atoms with Crippen LogP contribution in [-0.4, -0.2) is 65.0 Å². The fraction of sp³-hybridized carbons (Fsp3) is 0.450. The van der Waals surface area contributed by atoms with E-state index in [2.05, 4.69) is 20.2 Å². The Labute approximate surface area is 160 Å². The molecule has 1 aliphatic rings. The van der Waals surface area contributed by atoms with Gasteiger partial charge in [0.05, 0.1) is 30.7 Å². The third kappa shape index (κ3) is 5.24. The molecule has 2 aromatic rings. The van der Waals surface area contributed by atoms with Crippen molar-refractivity contribution < 1.29 is 9.53 Å². The van der Waals surface area contributed by atoms with Crippen LogP contribution in [0.15, 0.2) is 42.7 Å². The summed E-state index contributed by atoms with van der Waals surface area (Å²) in [4.78, 5) is 25.1. The summed E-state index contributed by atoms with van der Waals surface area (Å²) in [5.41, 5.74) is 1.75. The zero-order chi connectivity index (χ0) is 19.1. The number of nitrogens with one attached hydrogen (secondary N) is 1. The van der Waals surface area contributed by atoms with Crippen molar-refractivity contribution in [3.05, 3.63) is 48.4 Å². The normalized spacial score (nSPS) is 17.5. The summed E-state index contributed by atoms with van der Waals surface area (Å²) in [6.45, 7) is 7.98. The van der Waals surface area contributed by atoms with E-state index >= 15 is 0 Å². The van der Waals surface area contributed by atoms with Crippen molar-refractivity contribution in [2.75, 3.05) is 44.6 Å². The second-order valence-electron chi connectivity index (χ2n) is 6.47. The van der Waals surface area contributed by atoms with Crippen molar-refractivity contribution in [2.45, 2.75) is 20.0 Å². The predicted octanol–water partition coefficient (Wildman–Crippen LogP) is 2.46. The molecule has 1 fully saturated rings. The van der Waals surface area contributed by atoms with Gasteiger partial charge in [0.15, 0.2) is 0 Å². The van der Waals surface area contributed by atoms with Gasteiger partial charge in [-0.25, -0.2) is 4.98 Å². The highest BCUT2D eigenvalue weighted by Gasteiger charge is 2.25. The molecule has 27 heavy (non-hydrogen) atoms. The lowest BCUT2D eigenvalue weighted by Crippen LogP contribution is -2.45. The van der Waals surface area contributed by atoms with E-state index in [-0.39, 0.29) is 12.0 Å². The molecule has 1 amide bonds. The van der Waals surface area contributed by atoms with Crippen LogP contribution in [0.25, 0.3) is 0 Å². The Morgan fingerprint density at radius 2 is 2.11 bits per heavy atom. The molecule has 7 nitrogen and oxygen atoms in total. The van der Waals surface area contributed by atoms with Crippen LogP contribution < -0.4 is 5.32 Å². The van der Waals surface area contributed by atoms with Crippen LogP contribution in [0.2, 0.25) is 0 Å². The van der Waals surface area contributed by atoms with E-state index in [9.17, 15) is 4.79 Å². The lowest BCUT2D eigenvalue weighted by molar-refractivity contribution is -0.134. The van der Waals surface area contributed by atoms with Crippen LogP contribution in [0.5, 0.6) is 0 Å². The number of hydrogen-bond acceptors (Lipinski definition) is 6. The highest BCUT2D eigenvalue weighted by atomic mass is 16.5. The van der Waals surface area contributed by atoms with E-state index in [1.165, 1.54) is 0 Å². The summed E-state index contributed by atoms with van der Waals surface area (Å²) in [6, 6.07) is 9.65. The molecule has 1 atom stereocenters. The van der Waals surface area contributed by atoms with Gasteiger partial charge >= 0.3 is 0 Å². The molecule has 1 aliphatic heterocycles. The minimum Gasteiger partial charge on any atom is -0.369 e. The molecule has 3 heterocycles. The Balaban J connectivity index is 1.58. The van der Waals surface area contributed by atoms with Crippen LogP contribution in [0.4, 0.5) is 11.5 Å². The fourth-order valence-electron chi connectivity index (χ4n) is 3.15. The zero-order valence-electron chi connectivity index (χ0n) is 16.0. The first-order valence-corrected chi connectivity index (χ1v) is 9.45. The fourth-order valence-corrected chi connectivity index (χ4v) is 3.15. The van der Waals surface area contributed by atoms with Gasteiger partial charge in [-0.1, -0.05) is 6.07 Å². The van der Waals surface area contributed by atoms with Gasteiger partial charge in [0.1, 0.15) is 11.9 Å². The number of nitrogens with zero attached hydrogens (tertiary/aromatic N) is 4. The Morgan fingerprint density at radius 1 is 1.26 bits per heavy atom. The minimum absolute atomic E-state index is 0.118. The molecule has 1 N–H and O–H groups in total. The standard InChI is InChI=1S/C20H27N5O2/c1-3-25(4-2)20(26)15-24-11-12-27-18(14-24)17-9-8-16(13-22-17)23-19-7-5-6-10-21-19/h5-10,13,18H,3-4,11-12,14-15H2,1-2H3,(H,21,23)/t18-/m1/s1. The number of ether oxygens (including phenoxy) is 1. The molecule has 0 bridgehead atoms. The SMILES string of the molecule is CCN(CC)C(=O)CN1CCO[C@@H](c2ccc(Nc3ccccn3)cn2)C1. The number of pyridine rings is 2. The van der Waals surface area contributed by atoms with Crippen LogP contribution in [-0.2, 0) is 9.53 Å². The number of morpholine rings is 1. The zero-order valence-corrected chi connectivity index (χ0v) is 16.0. The van der Waals surface area contributed by atoms with Gasteiger partial charge in [0.2, 0.25) is 5.91 Å². The molecule has 0 aliphatic carbocycles. The van der Waals surface area contributed by atoms with Crippen LogP contribution in [0, 0.1) is 0 Å². The van der Waals surface area contributed by atoms with Crippen molar-refractivity contribution >= 4 is 17.4 Å².